The first kappa shape index (κ1) is 35.8. The minimum atomic E-state index is -1.21. The SMILES string of the molecule is CCCC/C(=C/C(=O)O)C(=O)O.CCCC/C(=C/C(=O)O)C(=O)O.OCCOCCOCCO. The van der Waals surface area contributed by atoms with Crippen molar-refractivity contribution >= 4 is 23.9 Å². The Labute approximate surface area is 199 Å². The highest BCUT2D eigenvalue weighted by Gasteiger charge is 2.08. The molecule has 0 rings (SSSR count). The Kier molecular flexibility index (Phi) is 27.8. The molecular weight excluding hydrogens is 456 g/mol. The molecule has 0 unspecified atom stereocenters. The van der Waals surface area contributed by atoms with Gasteiger partial charge in [-0.1, -0.05) is 26.7 Å². The van der Waals surface area contributed by atoms with E-state index < -0.39 is 23.9 Å². The molecule has 0 aliphatic heterocycles. The number of rotatable bonds is 17. The molecule has 0 bridgehead atoms. The molecule has 0 atom stereocenters. The van der Waals surface area contributed by atoms with Gasteiger partial charge in [-0.15, -0.1) is 0 Å². The molecule has 12 heteroatoms. The van der Waals surface area contributed by atoms with Gasteiger partial charge in [-0.2, -0.15) is 0 Å². The molecule has 0 aliphatic carbocycles. The summed E-state index contributed by atoms with van der Waals surface area (Å²) in [5, 5.41) is 50.1. The normalized spacial score (nSPS) is 10.9. The van der Waals surface area contributed by atoms with Crippen LogP contribution in [0.15, 0.2) is 23.3 Å². The van der Waals surface area contributed by atoms with Gasteiger partial charge in [-0.05, 0) is 25.7 Å². The van der Waals surface area contributed by atoms with Crippen molar-refractivity contribution < 1.29 is 59.3 Å². The van der Waals surface area contributed by atoms with Gasteiger partial charge in [-0.25, -0.2) is 19.2 Å². The molecule has 12 nitrogen and oxygen atoms in total. The molecule has 0 amide bonds. The molecule has 0 aromatic carbocycles. The van der Waals surface area contributed by atoms with E-state index in [2.05, 4.69) is 0 Å². The van der Waals surface area contributed by atoms with Gasteiger partial charge in [0.15, 0.2) is 0 Å². The Bertz CT molecular complexity index is 571. The molecule has 0 saturated heterocycles. The quantitative estimate of drug-likeness (QED) is 0.126. The Balaban J connectivity index is -0.000000426. The van der Waals surface area contributed by atoms with Crippen LogP contribution in [0.3, 0.4) is 0 Å². The maximum absolute atomic E-state index is 10.4. The van der Waals surface area contributed by atoms with E-state index in [0.717, 1.165) is 25.0 Å². The second-order valence-electron chi connectivity index (χ2n) is 6.50. The summed E-state index contributed by atoms with van der Waals surface area (Å²) in [5.41, 5.74) is -0.0753. The van der Waals surface area contributed by atoms with Crippen LogP contribution in [0.4, 0.5) is 0 Å². The fourth-order valence-corrected chi connectivity index (χ4v) is 1.97. The summed E-state index contributed by atoms with van der Waals surface area (Å²) < 4.78 is 9.75. The van der Waals surface area contributed by atoms with Crippen molar-refractivity contribution in [2.45, 2.75) is 52.4 Å². The van der Waals surface area contributed by atoms with Crippen LogP contribution in [-0.4, -0.2) is 94.2 Å². The largest absolute Gasteiger partial charge is 0.478 e. The van der Waals surface area contributed by atoms with Crippen molar-refractivity contribution in [1.29, 1.82) is 0 Å². The Morgan fingerprint density at radius 3 is 1.15 bits per heavy atom. The lowest BCUT2D eigenvalue weighted by Gasteiger charge is -2.01. The minimum absolute atomic E-state index is 0.0376. The zero-order valence-corrected chi connectivity index (χ0v) is 19.8. The maximum Gasteiger partial charge on any atom is 0.331 e. The molecule has 34 heavy (non-hydrogen) atoms. The van der Waals surface area contributed by atoms with E-state index in [1.807, 2.05) is 13.8 Å². The maximum atomic E-state index is 10.4. The number of hydrogen-bond acceptors (Lipinski definition) is 8. The number of carbonyl (C=O) groups is 4. The zero-order chi connectivity index (χ0) is 26.8. The van der Waals surface area contributed by atoms with Crippen LogP contribution in [0.5, 0.6) is 0 Å². The Morgan fingerprint density at radius 2 is 0.941 bits per heavy atom. The number of hydrogen-bond donors (Lipinski definition) is 6. The topological polar surface area (TPSA) is 208 Å². The Hall–Kier alpha value is -2.80. The van der Waals surface area contributed by atoms with Gasteiger partial charge in [0.2, 0.25) is 0 Å². The fraction of sp³-hybridized carbons (Fsp3) is 0.636. The van der Waals surface area contributed by atoms with Gasteiger partial charge in [-0.3, -0.25) is 0 Å². The van der Waals surface area contributed by atoms with Gasteiger partial charge < -0.3 is 40.1 Å². The van der Waals surface area contributed by atoms with E-state index in [9.17, 15) is 19.2 Å². The zero-order valence-electron chi connectivity index (χ0n) is 19.8. The number of aliphatic hydroxyl groups excluding tert-OH is 2. The first-order valence-corrected chi connectivity index (χ1v) is 10.8. The summed E-state index contributed by atoms with van der Waals surface area (Å²) in [7, 11) is 0. The third kappa shape index (κ3) is 29.2. The lowest BCUT2D eigenvalue weighted by Crippen LogP contribution is -2.09. The lowest BCUT2D eigenvalue weighted by atomic mass is 10.1. The summed E-state index contributed by atoms with van der Waals surface area (Å²) in [4.78, 5) is 41.1. The minimum Gasteiger partial charge on any atom is -0.478 e. The molecule has 6 N–H and O–H groups in total. The monoisotopic (exact) mass is 494 g/mol. The molecule has 198 valence electrons. The third-order valence-electron chi connectivity index (χ3n) is 3.59. The van der Waals surface area contributed by atoms with E-state index in [0.29, 0.717) is 52.1 Å². The second-order valence-corrected chi connectivity index (χ2v) is 6.50. The number of unbranched alkanes of at least 4 members (excludes halogenated alkanes) is 2. The van der Waals surface area contributed by atoms with Gasteiger partial charge in [0, 0.05) is 23.3 Å². The highest BCUT2D eigenvalue weighted by molar-refractivity contribution is 5.95. The molecule has 0 saturated carbocycles. The molecule has 0 aromatic heterocycles. The van der Waals surface area contributed by atoms with Crippen molar-refractivity contribution in [3.8, 4) is 0 Å². The highest BCUT2D eigenvalue weighted by Crippen LogP contribution is 2.07. The molecular formula is C22H38O12. The van der Waals surface area contributed by atoms with Crippen molar-refractivity contribution in [2.75, 3.05) is 39.6 Å². The van der Waals surface area contributed by atoms with Crippen LogP contribution >= 0.6 is 0 Å². The number of carboxylic acids is 4. The van der Waals surface area contributed by atoms with Crippen LogP contribution in [-0.2, 0) is 28.7 Å². The standard InChI is InChI=1S/2C8H12O4.C6H14O4/c2*1-2-3-4-6(8(11)12)5-7(9)10;7-1-3-9-5-6-10-4-2-8/h2*5H,2-4H2,1H3,(H,9,10)(H,11,12);7-8H,1-6H2/b2*6-5-;. The smallest absolute Gasteiger partial charge is 0.331 e. The van der Waals surface area contributed by atoms with E-state index >= 15 is 0 Å². The number of carboxylic acid groups (broad SMARTS) is 4. The number of ether oxygens (including phenoxy) is 2. The predicted octanol–water partition coefficient (Wildman–Crippen LogP) is 1.55. The summed E-state index contributed by atoms with van der Waals surface area (Å²) in [5.74, 6) is -4.70. The summed E-state index contributed by atoms with van der Waals surface area (Å²) in [6.45, 7) is 5.56. The Morgan fingerprint density at radius 1 is 0.618 bits per heavy atom. The molecule has 0 aliphatic rings. The van der Waals surface area contributed by atoms with Crippen LogP contribution < -0.4 is 0 Å². The van der Waals surface area contributed by atoms with Crippen molar-refractivity contribution in [1.82, 2.24) is 0 Å². The molecule has 0 radical (unpaired) electrons. The first-order chi connectivity index (χ1) is 16.1. The molecule has 0 aromatic rings. The van der Waals surface area contributed by atoms with Gasteiger partial charge in [0.25, 0.3) is 0 Å². The van der Waals surface area contributed by atoms with Gasteiger partial charge in [0.1, 0.15) is 0 Å². The van der Waals surface area contributed by atoms with E-state index in [1.54, 1.807) is 0 Å². The second kappa shape index (κ2) is 26.5. The average Bonchev–Trinajstić information content (AvgIpc) is 2.76. The fourth-order valence-electron chi connectivity index (χ4n) is 1.97. The lowest BCUT2D eigenvalue weighted by molar-refractivity contribution is -0.135. The van der Waals surface area contributed by atoms with Crippen LogP contribution in [0.2, 0.25) is 0 Å². The van der Waals surface area contributed by atoms with E-state index in [4.69, 9.17) is 40.1 Å². The third-order valence-corrected chi connectivity index (χ3v) is 3.59. The molecule has 0 spiro atoms. The van der Waals surface area contributed by atoms with Gasteiger partial charge >= 0.3 is 23.9 Å². The van der Waals surface area contributed by atoms with Gasteiger partial charge in [0.05, 0.1) is 39.6 Å². The predicted molar refractivity (Wildman–Crippen MR) is 122 cm³/mol. The first-order valence-electron chi connectivity index (χ1n) is 10.8. The number of aliphatic hydroxyl groups is 2. The van der Waals surface area contributed by atoms with Crippen LogP contribution in [0.25, 0.3) is 0 Å². The summed E-state index contributed by atoms with van der Waals surface area (Å²) in [6, 6.07) is 0. The van der Waals surface area contributed by atoms with E-state index in [1.165, 1.54) is 0 Å². The molecule has 0 heterocycles. The summed E-state index contributed by atoms with van der Waals surface area (Å²) in [6.07, 6.45) is 5.23. The van der Waals surface area contributed by atoms with Crippen molar-refractivity contribution in [3.63, 3.8) is 0 Å². The molecule has 0 fully saturated rings. The van der Waals surface area contributed by atoms with E-state index in [-0.39, 0.29) is 24.4 Å². The van der Waals surface area contributed by atoms with Crippen molar-refractivity contribution in [3.05, 3.63) is 23.3 Å². The highest BCUT2D eigenvalue weighted by atomic mass is 16.5. The summed E-state index contributed by atoms with van der Waals surface area (Å²) >= 11 is 0. The van der Waals surface area contributed by atoms with Crippen LogP contribution in [0, 0.1) is 0 Å². The van der Waals surface area contributed by atoms with Crippen LogP contribution in [0.1, 0.15) is 52.4 Å². The number of aliphatic carboxylic acids is 4. The van der Waals surface area contributed by atoms with Crippen molar-refractivity contribution in [2.24, 2.45) is 0 Å². The average molecular weight is 495 g/mol.